The number of aromatic nitrogens is 1. The third kappa shape index (κ3) is 8.26. The summed E-state index contributed by atoms with van der Waals surface area (Å²) in [5.41, 5.74) is 3.51. The third-order valence-electron chi connectivity index (χ3n) is 7.18. The van der Waals surface area contributed by atoms with Crippen LogP contribution >= 0.6 is 11.9 Å². The molecule has 3 aromatic carbocycles. The predicted octanol–water partition coefficient (Wildman–Crippen LogP) is 5.00. The van der Waals surface area contributed by atoms with Gasteiger partial charge in [-0.15, -0.1) is 0 Å². The van der Waals surface area contributed by atoms with Gasteiger partial charge in [-0.2, -0.15) is 5.26 Å². The number of hydrogen-bond donors (Lipinski definition) is 2. The van der Waals surface area contributed by atoms with E-state index in [1.807, 2.05) is 96.9 Å². The summed E-state index contributed by atoms with van der Waals surface area (Å²) >= 11 is 1.12. The molecule has 2 unspecified atom stereocenters. The van der Waals surface area contributed by atoms with E-state index in [1.165, 1.54) is 0 Å². The van der Waals surface area contributed by atoms with Gasteiger partial charge < -0.3 is 10.0 Å². The number of aliphatic hydroxyl groups is 1. The molecule has 1 saturated heterocycles. The molecule has 8 heteroatoms. The Hall–Kier alpha value is -4.00. The van der Waals surface area contributed by atoms with Crippen molar-refractivity contribution in [3.8, 4) is 6.07 Å². The SMILES string of the molecule is CN(C(=O)C(c1ccccc1)c1ccccc1)C(CN1CCC(O)C1)c1ccccc1.N#Cc1ccc(SN)cn1. The van der Waals surface area contributed by atoms with Crippen molar-refractivity contribution in [3.05, 3.63) is 132 Å². The van der Waals surface area contributed by atoms with Crippen LogP contribution in [-0.4, -0.2) is 58.6 Å². The molecule has 0 saturated carbocycles. The number of carbonyl (C=O) groups is 1. The van der Waals surface area contributed by atoms with E-state index < -0.39 is 0 Å². The molecule has 1 aliphatic rings. The van der Waals surface area contributed by atoms with Crippen LogP contribution in [0.15, 0.2) is 114 Å². The molecule has 0 radical (unpaired) electrons. The van der Waals surface area contributed by atoms with Gasteiger partial charge in [-0.1, -0.05) is 91.0 Å². The fraction of sp³-hybridized carbons (Fsp3) is 0.242. The number of hydrogen-bond acceptors (Lipinski definition) is 7. The first-order valence-electron chi connectivity index (χ1n) is 13.5. The molecule has 1 aromatic heterocycles. The molecular formula is C33H35N5O2S. The van der Waals surface area contributed by atoms with Gasteiger partial charge in [0.05, 0.1) is 18.1 Å². The van der Waals surface area contributed by atoms with E-state index in [9.17, 15) is 9.90 Å². The highest BCUT2D eigenvalue weighted by atomic mass is 32.2. The first-order valence-corrected chi connectivity index (χ1v) is 14.4. The zero-order chi connectivity index (χ0) is 29.0. The van der Waals surface area contributed by atoms with E-state index in [1.54, 1.807) is 18.3 Å². The molecule has 1 amide bonds. The summed E-state index contributed by atoms with van der Waals surface area (Å²) in [6.45, 7) is 2.22. The Morgan fingerprint density at radius 1 is 1.00 bits per heavy atom. The summed E-state index contributed by atoms with van der Waals surface area (Å²) in [6.07, 6.45) is 2.08. The number of amides is 1. The van der Waals surface area contributed by atoms with E-state index in [4.69, 9.17) is 10.4 Å². The van der Waals surface area contributed by atoms with E-state index in [0.29, 0.717) is 18.8 Å². The summed E-state index contributed by atoms with van der Waals surface area (Å²) in [6, 6.07) is 35.4. The normalized spacial score (nSPS) is 15.4. The quantitative estimate of drug-likeness (QED) is 0.290. The maximum atomic E-state index is 14.0. The number of nitriles is 1. The van der Waals surface area contributed by atoms with Crippen molar-refractivity contribution in [3.63, 3.8) is 0 Å². The van der Waals surface area contributed by atoms with Crippen molar-refractivity contribution >= 4 is 17.9 Å². The highest BCUT2D eigenvalue weighted by molar-refractivity contribution is 7.97. The van der Waals surface area contributed by atoms with Crippen LogP contribution in [0.5, 0.6) is 0 Å². The smallest absolute Gasteiger partial charge is 0.234 e. The fourth-order valence-electron chi connectivity index (χ4n) is 4.99. The number of likely N-dealkylation sites (tertiary alicyclic amines) is 1. The minimum absolute atomic E-state index is 0.0750. The number of benzene rings is 3. The van der Waals surface area contributed by atoms with Gasteiger partial charge in [0.15, 0.2) is 0 Å². The molecule has 0 aliphatic carbocycles. The Labute approximate surface area is 246 Å². The maximum absolute atomic E-state index is 14.0. The van der Waals surface area contributed by atoms with Crippen LogP contribution in [0.1, 0.15) is 40.8 Å². The van der Waals surface area contributed by atoms with Crippen LogP contribution in [0, 0.1) is 11.3 Å². The number of carbonyl (C=O) groups excluding carboxylic acids is 1. The van der Waals surface area contributed by atoms with Gasteiger partial charge in [-0.05, 0) is 47.2 Å². The zero-order valence-corrected chi connectivity index (χ0v) is 23.9. The van der Waals surface area contributed by atoms with Crippen molar-refractivity contribution in [2.24, 2.45) is 5.14 Å². The van der Waals surface area contributed by atoms with Crippen molar-refractivity contribution in [1.82, 2.24) is 14.8 Å². The number of rotatable bonds is 8. The zero-order valence-electron chi connectivity index (χ0n) is 23.1. The van der Waals surface area contributed by atoms with Gasteiger partial charge >= 0.3 is 0 Å². The summed E-state index contributed by atoms with van der Waals surface area (Å²) in [4.78, 5) is 22.8. The molecule has 1 aliphatic heterocycles. The lowest BCUT2D eigenvalue weighted by molar-refractivity contribution is -0.133. The Morgan fingerprint density at radius 2 is 1.56 bits per heavy atom. The first kappa shape index (κ1) is 30.0. The Bertz CT molecular complexity index is 1360. The van der Waals surface area contributed by atoms with Gasteiger partial charge in [0.2, 0.25) is 5.91 Å². The van der Waals surface area contributed by atoms with E-state index >= 15 is 0 Å². The summed E-state index contributed by atoms with van der Waals surface area (Å²) in [5, 5.41) is 23.6. The number of aliphatic hydroxyl groups excluding tert-OH is 1. The highest BCUT2D eigenvalue weighted by Gasteiger charge is 2.32. The number of nitrogens with two attached hydrogens (primary N) is 1. The van der Waals surface area contributed by atoms with Crippen LogP contribution in [0.2, 0.25) is 0 Å². The monoisotopic (exact) mass is 565 g/mol. The van der Waals surface area contributed by atoms with Gasteiger partial charge in [0.1, 0.15) is 11.8 Å². The number of β-amino-alcohol motifs (C(OH)–C–C–N with tert-alkyl or cyclic N) is 1. The van der Waals surface area contributed by atoms with Gasteiger partial charge in [0, 0.05) is 37.8 Å². The van der Waals surface area contributed by atoms with Crippen molar-refractivity contribution in [2.45, 2.75) is 29.4 Å². The molecular weight excluding hydrogens is 530 g/mol. The summed E-state index contributed by atoms with van der Waals surface area (Å²) in [5.74, 6) is -0.284. The van der Waals surface area contributed by atoms with E-state index in [2.05, 4.69) is 22.0 Å². The molecule has 2 atom stereocenters. The molecule has 7 nitrogen and oxygen atoms in total. The maximum Gasteiger partial charge on any atom is 0.234 e. The first-order chi connectivity index (χ1) is 20.0. The molecule has 4 aromatic rings. The molecule has 1 fully saturated rings. The van der Waals surface area contributed by atoms with Crippen LogP contribution < -0.4 is 5.14 Å². The summed E-state index contributed by atoms with van der Waals surface area (Å²) in [7, 11) is 1.91. The molecule has 5 rings (SSSR count). The lowest BCUT2D eigenvalue weighted by Gasteiger charge is -2.34. The largest absolute Gasteiger partial charge is 0.392 e. The van der Waals surface area contributed by atoms with Crippen LogP contribution in [0.25, 0.3) is 0 Å². The van der Waals surface area contributed by atoms with Crippen molar-refractivity contribution < 1.29 is 9.90 Å². The second-order valence-electron chi connectivity index (χ2n) is 9.94. The number of pyridine rings is 1. The summed E-state index contributed by atoms with van der Waals surface area (Å²) < 4.78 is 0. The molecule has 210 valence electrons. The predicted molar refractivity (Wildman–Crippen MR) is 163 cm³/mol. The Balaban J connectivity index is 0.000000328. The van der Waals surface area contributed by atoms with Crippen molar-refractivity contribution in [2.75, 3.05) is 26.7 Å². The molecule has 2 heterocycles. The van der Waals surface area contributed by atoms with Gasteiger partial charge in [0.25, 0.3) is 0 Å². The fourth-order valence-corrected chi connectivity index (χ4v) is 5.25. The molecule has 41 heavy (non-hydrogen) atoms. The minimum atomic E-state index is -0.359. The second-order valence-corrected chi connectivity index (χ2v) is 10.6. The number of likely N-dealkylation sites (N-methyl/N-ethyl adjacent to an activating group) is 1. The van der Waals surface area contributed by atoms with Crippen molar-refractivity contribution in [1.29, 1.82) is 5.26 Å². The topological polar surface area (TPSA) is 106 Å². The highest BCUT2D eigenvalue weighted by Crippen LogP contribution is 2.31. The van der Waals surface area contributed by atoms with Gasteiger partial charge in [-0.25, -0.2) is 4.98 Å². The average Bonchev–Trinajstić information content (AvgIpc) is 3.46. The molecule has 3 N–H and O–H groups in total. The lowest BCUT2D eigenvalue weighted by Crippen LogP contribution is -2.41. The number of nitrogens with zero attached hydrogens (tertiary/aromatic N) is 4. The second kappa shape index (κ2) is 15.1. The van der Waals surface area contributed by atoms with E-state index in [-0.39, 0.29) is 24.0 Å². The van der Waals surface area contributed by atoms with Crippen LogP contribution in [0.4, 0.5) is 0 Å². The minimum Gasteiger partial charge on any atom is -0.392 e. The third-order valence-corrected chi connectivity index (χ3v) is 7.69. The Morgan fingerprint density at radius 3 is 2.00 bits per heavy atom. The average molecular weight is 566 g/mol. The standard InChI is InChI=1S/C27H30N2O2.C6H5N3S/c1-28(25(21-11-5-2-6-12-21)20-29-18-17-24(30)19-29)27(31)26(22-13-7-3-8-14-22)23-15-9-4-10-16-23;7-3-5-1-2-6(10-8)4-9-5/h2-16,24-26,30H,17-20H2,1H3;1-2,4H,8H2. The Kier molecular flexibility index (Phi) is 11.1. The molecule has 0 bridgehead atoms. The van der Waals surface area contributed by atoms with Crippen LogP contribution in [-0.2, 0) is 4.79 Å². The molecule has 0 spiro atoms. The van der Waals surface area contributed by atoms with Crippen LogP contribution in [0.3, 0.4) is 0 Å². The van der Waals surface area contributed by atoms with Gasteiger partial charge in [-0.3, -0.25) is 14.8 Å². The lowest BCUT2D eigenvalue weighted by atomic mass is 9.89. The van der Waals surface area contributed by atoms with E-state index in [0.717, 1.165) is 46.5 Å².